The molecule has 1 aromatic rings. The molecule has 1 unspecified atom stereocenters. The maximum Gasteiger partial charge on any atom is 0.251 e. The van der Waals surface area contributed by atoms with Crippen molar-refractivity contribution in [1.29, 1.82) is 0 Å². The van der Waals surface area contributed by atoms with E-state index in [1.807, 2.05) is 6.07 Å². The molecule has 2 rings (SSSR count). The van der Waals surface area contributed by atoms with Crippen molar-refractivity contribution in [2.24, 2.45) is 5.73 Å². The largest absolute Gasteiger partial charge is 0.348 e. The molecule has 0 radical (unpaired) electrons. The topological polar surface area (TPSA) is 84.2 Å². The number of carbonyl (C=O) groups excluding carboxylic acids is 2. The van der Waals surface area contributed by atoms with E-state index in [0.717, 1.165) is 24.2 Å². The van der Waals surface area contributed by atoms with E-state index in [-0.39, 0.29) is 30.3 Å². The molecule has 1 aliphatic heterocycles. The fourth-order valence-electron chi connectivity index (χ4n) is 2.19. The van der Waals surface area contributed by atoms with Gasteiger partial charge in [-0.05, 0) is 24.6 Å². The summed E-state index contributed by atoms with van der Waals surface area (Å²) >= 11 is 1.48. The number of carbonyl (C=O) groups is 2. The fraction of sp³-hybridized carbons (Fsp3) is 0.467. The number of benzene rings is 1. The molecule has 0 fully saturated rings. The number of rotatable bonds is 6. The monoisotopic (exact) mass is 343 g/mol. The highest BCUT2D eigenvalue weighted by Crippen LogP contribution is 2.31. The molecule has 0 aromatic heterocycles. The van der Waals surface area contributed by atoms with E-state index in [4.69, 9.17) is 5.73 Å². The van der Waals surface area contributed by atoms with Crippen LogP contribution in [-0.4, -0.2) is 30.2 Å². The Morgan fingerprint density at radius 1 is 1.50 bits per heavy atom. The van der Waals surface area contributed by atoms with Crippen LogP contribution in [0.3, 0.4) is 0 Å². The fourth-order valence-corrected chi connectivity index (χ4v) is 2.98. The summed E-state index contributed by atoms with van der Waals surface area (Å²) in [5.41, 5.74) is 6.95. The molecule has 4 N–H and O–H groups in total. The van der Waals surface area contributed by atoms with Gasteiger partial charge >= 0.3 is 0 Å². The summed E-state index contributed by atoms with van der Waals surface area (Å²) in [6, 6.07) is 5.38. The number of nitrogens with two attached hydrogens (primary N) is 1. The summed E-state index contributed by atoms with van der Waals surface area (Å²) in [5, 5.41) is 5.74. The van der Waals surface area contributed by atoms with E-state index in [2.05, 4.69) is 17.6 Å². The third-order valence-corrected chi connectivity index (χ3v) is 4.47. The molecule has 0 bridgehead atoms. The minimum atomic E-state index is -0.144. The summed E-state index contributed by atoms with van der Waals surface area (Å²) in [6.07, 6.45) is 3.00. The molecule has 2 amide bonds. The lowest BCUT2D eigenvalue weighted by Gasteiger charge is -2.19. The summed E-state index contributed by atoms with van der Waals surface area (Å²) in [4.78, 5) is 24.7. The van der Waals surface area contributed by atoms with Crippen molar-refractivity contribution < 1.29 is 9.59 Å². The quantitative estimate of drug-likeness (QED) is 0.740. The Kier molecular flexibility index (Phi) is 7.72. The number of thioether (sulfide) groups is 1. The molecule has 1 atom stereocenters. The maximum absolute atomic E-state index is 12.3. The van der Waals surface area contributed by atoms with Crippen LogP contribution in [0.5, 0.6) is 0 Å². The average Bonchev–Trinajstić information content (AvgIpc) is 2.50. The molecular weight excluding hydrogens is 322 g/mol. The molecule has 0 saturated heterocycles. The van der Waals surface area contributed by atoms with Gasteiger partial charge in [0, 0.05) is 23.0 Å². The summed E-state index contributed by atoms with van der Waals surface area (Å²) < 4.78 is 0. The predicted octanol–water partition coefficient (Wildman–Crippen LogP) is 2.40. The first-order chi connectivity index (χ1) is 10.1. The molecule has 0 saturated carbocycles. The minimum absolute atomic E-state index is 0. The first kappa shape index (κ1) is 18.8. The van der Waals surface area contributed by atoms with E-state index in [0.29, 0.717) is 23.5 Å². The summed E-state index contributed by atoms with van der Waals surface area (Å²) in [5.74, 6) is 0.243. The Labute approximate surface area is 141 Å². The average molecular weight is 344 g/mol. The van der Waals surface area contributed by atoms with Gasteiger partial charge in [-0.1, -0.05) is 19.8 Å². The van der Waals surface area contributed by atoms with Crippen LogP contribution in [0.15, 0.2) is 23.1 Å². The van der Waals surface area contributed by atoms with Crippen LogP contribution in [0, 0.1) is 0 Å². The normalized spacial score (nSPS) is 14.4. The predicted molar refractivity (Wildman–Crippen MR) is 92.9 cm³/mol. The number of hydrogen-bond donors (Lipinski definition) is 3. The summed E-state index contributed by atoms with van der Waals surface area (Å²) in [7, 11) is 0. The third kappa shape index (κ3) is 4.90. The lowest BCUT2D eigenvalue weighted by molar-refractivity contribution is -0.113. The van der Waals surface area contributed by atoms with E-state index in [9.17, 15) is 9.59 Å². The molecule has 1 heterocycles. The smallest absolute Gasteiger partial charge is 0.251 e. The molecule has 0 aliphatic carbocycles. The SMILES string of the molecule is CCCCC(CN)NC(=O)c1ccc2c(c1)NC(=O)CS2.Cl. The Balaban J connectivity index is 0.00000242. The first-order valence-corrected chi connectivity index (χ1v) is 8.20. The number of hydrogen-bond acceptors (Lipinski definition) is 4. The van der Waals surface area contributed by atoms with Crippen molar-refractivity contribution >= 4 is 41.7 Å². The van der Waals surface area contributed by atoms with Gasteiger partial charge in [-0.15, -0.1) is 24.2 Å². The molecule has 0 spiro atoms. The highest BCUT2D eigenvalue weighted by atomic mass is 35.5. The second kappa shape index (κ2) is 9.02. The third-order valence-electron chi connectivity index (χ3n) is 3.40. The van der Waals surface area contributed by atoms with Gasteiger partial charge in [-0.2, -0.15) is 0 Å². The second-order valence-electron chi connectivity index (χ2n) is 5.10. The molecule has 1 aromatic carbocycles. The zero-order chi connectivity index (χ0) is 15.2. The van der Waals surface area contributed by atoms with E-state index in [1.54, 1.807) is 12.1 Å². The van der Waals surface area contributed by atoms with Crippen molar-refractivity contribution in [2.75, 3.05) is 17.6 Å². The van der Waals surface area contributed by atoms with Gasteiger partial charge in [-0.25, -0.2) is 0 Å². The van der Waals surface area contributed by atoms with E-state index >= 15 is 0 Å². The van der Waals surface area contributed by atoms with Gasteiger partial charge < -0.3 is 16.4 Å². The highest BCUT2D eigenvalue weighted by molar-refractivity contribution is 8.00. The Morgan fingerprint density at radius 3 is 2.95 bits per heavy atom. The van der Waals surface area contributed by atoms with Crippen molar-refractivity contribution in [3.05, 3.63) is 23.8 Å². The number of halogens is 1. The first-order valence-electron chi connectivity index (χ1n) is 7.21. The standard InChI is InChI=1S/C15H21N3O2S.ClH/c1-2-3-4-11(8-16)17-15(20)10-5-6-13-12(7-10)18-14(19)9-21-13;/h5-7,11H,2-4,8-9,16H2,1H3,(H,17,20)(H,18,19);1H. The second-order valence-corrected chi connectivity index (χ2v) is 6.11. The lowest BCUT2D eigenvalue weighted by Crippen LogP contribution is -2.40. The van der Waals surface area contributed by atoms with Crippen molar-refractivity contribution in [3.63, 3.8) is 0 Å². The van der Waals surface area contributed by atoms with Crippen LogP contribution >= 0.6 is 24.2 Å². The lowest BCUT2D eigenvalue weighted by atomic mass is 10.1. The van der Waals surface area contributed by atoms with Crippen molar-refractivity contribution in [3.8, 4) is 0 Å². The van der Waals surface area contributed by atoms with Gasteiger partial charge in [0.05, 0.1) is 11.4 Å². The molecular formula is C15H22ClN3O2S. The highest BCUT2D eigenvalue weighted by Gasteiger charge is 2.18. The molecule has 122 valence electrons. The maximum atomic E-state index is 12.3. The van der Waals surface area contributed by atoms with Gasteiger partial charge in [0.2, 0.25) is 5.91 Å². The van der Waals surface area contributed by atoms with Crippen LogP contribution in [0.2, 0.25) is 0 Å². The molecule has 7 heteroatoms. The molecule has 1 aliphatic rings. The molecule has 22 heavy (non-hydrogen) atoms. The number of unbranched alkanes of at least 4 members (excludes halogenated alkanes) is 1. The Morgan fingerprint density at radius 2 is 2.27 bits per heavy atom. The van der Waals surface area contributed by atoms with Gasteiger partial charge in [-0.3, -0.25) is 9.59 Å². The van der Waals surface area contributed by atoms with E-state index in [1.165, 1.54) is 11.8 Å². The van der Waals surface area contributed by atoms with Crippen molar-refractivity contribution in [2.45, 2.75) is 37.1 Å². The summed E-state index contributed by atoms with van der Waals surface area (Å²) in [6.45, 7) is 2.54. The van der Waals surface area contributed by atoms with Crippen LogP contribution in [0.4, 0.5) is 5.69 Å². The number of amides is 2. The van der Waals surface area contributed by atoms with Gasteiger partial charge in [0.15, 0.2) is 0 Å². The Bertz CT molecular complexity index is 540. The van der Waals surface area contributed by atoms with Crippen LogP contribution in [0.25, 0.3) is 0 Å². The number of anilines is 1. The van der Waals surface area contributed by atoms with E-state index < -0.39 is 0 Å². The Hall–Kier alpha value is -1.24. The van der Waals surface area contributed by atoms with Crippen LogP contribution < -0.4 is 16.4 Å². The van der Waals surface area contributed by atoms with Crippen LogP contribution in [-0.2, 0) is 4.79 Å². The minimum Gasteiger partial charge on any atom is -0.348 e. The van der Waals surface area contributed by atoms with Crippen molar-refractivity contribution in [1.82, 2.24) is 5.32 Å². The zero-order valence-corrected chi connectivity index (χ0v) is 14.2. The van der Waals surface area contributed by atoms with Gasteiger partial charge in [0.25, 0.3) is 5.91 Å². The zero-order valence-electron chi connectivity index (χ0n) is 12.6. The van der Waals surface area contributed by atoms with Gasteiger partial charge in [0.1, 0.15) is 0 Å². The number of nitrogens with one attached hydrogen (secondary N) is 2. The molecule has 5 nitrogen and oxygen atoms in total. The number of fused-ring (bicyclic) bond motifs is 1. The van der Waals surface area contributed by atoms with Crippen LogP contribution in [0.1, 0.15) is 36.5 Å².